The molecule has 0 aliphatic carbocycles. The fraction of sp³-hybridized carbons (Fsp3) is 0.700. The van der Waals surface area contributed by atoms with Gasteiger partial charge in [-0.1, -0.05) is 19.8 Å². The normalized spacial score (nSPS) is 17.8. The maximum Gasteiger partial charge on any atom is 0.340 e. The molecule has 1 fully saturated rings. The standard InChI is InChI=1S/C20H32N2O4/c1-5-7-16-8-6-10-22(11-9-16)19(23)18-14(2)17(15(3)21-18)20(24)26-13-12-25-4/h16,21H,5-13H2,1-4H3. The highest BCUT2D eigenvalue weighted by Crippen LogP contribution is 2.25. The van der Waals surface area contributed by atoms with E-state index in [1.807, 2.05) is 4.90 Å². The van der Waals surface area contributed by atoms with Crippen molar-refractivity contribution in [3.8, 4) is 0 Å². The van der Waals surface area contributed by atoms with E-state index in [9.17, 15) is 9.59 Å². The van der Waals surface area contributed by atoms with Gasteiger partial charge in [-0.25, -0.2) is 4.79 Å². The number of aromatic amines is 1. The number of nitrogens with zero attached hydrogens (tertiary/aromatic N) is 1. The molecule has 1 unspecified atom stereocenters. The van der Waals surface area contributed by atoms with E-state index in [0.29, 0.717) is 29.1 Å². The molecule has 1 aromatic heterocycles. The first-order valence-electron chi connectivity index (χ1n) is 9.64. The lowest BCUT2D eigenvalue weighted by Crippen LogP contribution is -2.32. The van der Waals surface area contributed by atoms with Crippen LogP contribution in [0.15, 0.2) is 0 Å². The summed E-state index contributed by atoms with van der Waals surface area (Å²) < 4.78 is 10.1. The molecule has 1 aliphatic heterocycles. The quantitative estimate of drug-likeness (QED) is 0.594. The van der Waals surface area contributed by atoms with Gasteiger partial charge < -0.3 is 19.4 Å². The maximum atomic E-state index is 13.0. The van der Waals surface area contributed by atoms with Crippen molar-refractivity contribution < 1.29 is 19.1 Å². The van der Waals surface area contributed by atoms with E-state index in [4.69, 9.17) is 9.47 Å². The fourth-order valence-corrected chi connectivity index (χ4v) is 3.78. The molecule has 1 aromatic rings. The van der Waals surface area contributed by atoms with Crippen molar-refractivity contribution in [2.75, 3.05) is 33.4 Å². The lowest BCUT2D eigenvalue weighted by Gasteiger charge is -2.20. The zero-order valence-electron chi connectivity index (χ0n) is 16.5. The first-order valence-corrected chi connectivity index (χ1v) is 9.64. The smallest absolute Gasteiger partial charge is 0.340 e. The molecule has 6 heteroatoms. The molecule has 0 bridgehead atoms. The van der Waals surface area contributed by atoms with Gasteiger partial charge in [-0.15, -0.1) is 0 Å². The Morgan fingerprint density at radius 3 is 2.65 bits per heavy atom. The first-order chi connectivity index (χ1) is 12.5. The van der Waals surface area contributed by atoms with Crippen LogP contribution in [0.25, 0.3) is 0 Å². The Balaban J connectivity index is 2.09. The average Bonchev–Trinajstić information content (AvgIpc) is 2.77. The Labute approximate surface area is 156 Å². The summed E-state index contributed by atoms with van der Waals surface area (Å²) in [7, 11) is 1.56. The van der Waals surface area contributed by atoms with Gasteiger partial charge in [0.2, 0.25) is 0 Å². The second-order valence-electron chi connectivity index (χ2n) is 7.13. The van der Waals surface area contributed by atoms with Crippen molar-refractivity contribution in [3.63, 3.8) is 0 Å². The first kappa shape index (κ1) is 20.5. The van der Waals surface area contributed by atoms with Gasteiger partial charge in [0.1, 0.15) is 12.3 Å². The third kappa shape index (κ3) is 4.87. The van der Waals surface area contributed by atoms with Crippen LogP contribution >= 0.6 is 0 Å². The summed E-state index contributed by atoms with van der Waals surface area (Å²) in [5, 5.41) is 0. The van der Waals surface area contributed by atoms with Crippen molar-refractivity contribution in [1.29, 1.82) is 0 Å². The van der Waals surface area contributed by atoms with Gasteiger partial charge in [0.25, 0.3) is 5.91 Å². The Kier molecular flexibility index (Phi) is 7.69. The molecule has 1 N–H and O–H groups in total. The van der Waals surface area contributed by atoms with Crippen LogP contribution in [0.4, 0.5) is 0 Å². The number of amides is 1. The second kappa shape index (κ2) is 9.76. The van der Waals surface area contributed by atoms with Gasteiger partial charge in [-0.05, 0) is 44.6 Å². The third-order valence-electron chi connectivity index (χ3n) is 5.21. The highest BCUT2D eigenvalue weighted by Gasteiger charge is 2.27. The maximum absolute atomic E-state index is 13.0. The van der Waals surface area contributed by atoms with E-state index in [1.54, 1.807) is 21.0 Å². The molecule has 26 heavy (non-hydrogen) atoms. The summed E-state index contributed by atoms with van der Waals surface area (Å²) in [6.45, 7) is 7.95. The van der Waals surface area contributed by atoms with Crippen LogP contribution in [0.2, 0.25) is 0 Å². The Bertz CT molecular complexity index is 624. The zero-order valence-corrected chi connectivity index (χ0v) is 16.5. The summed E-state index contributed by atoms with van der Waals surface area (Å²) in [5.74, 6) is 0.292. The Morgan fingerprint density at radius 1 is 1.19 bits per heavy atom. The predicted molar refractivity (Wildman–Crippen MR) is 101 cm³/mol. The molecular weight excluding hydrogens is 332 g/mol. The van der Waals surface area contributed by atoms with Crippen LogP contribution in [0.1, 0.15) is 71.1 Å². The predicted octanol–water partition coefficient (Wildman–Crippen LogP) is 3.48. The minimum atomic E-state index is -0.411. The van der Waals surface area contributed by atoms with Gasteiger partial charge >= 0.3 is 5.97 Å². The monoisotopic (exact) mass is 364 g/mol. The summed E-state index contributed by atoms with van der Waals surface area (Å²) in [6, 6.07) is 0. The van der Waals surface area contributed by atoms with E-state index in [0.717, 1.165) is 31.8 Å². The summed E-state index contributed by atoms with van der Waals surface area (Å²) in [4.78, 5) is 30.4. The van der Waals surface area contributed by atoms with Crippen molar-refractivity contribution in [2.45, 2.75) is 52.9 Å². The highest BCUT2D eigenvalue weighted by atomic mass is 16.6. The average molecular weight is 364 g/mol. The number of methoxy groups -OCH3 is 1. The zero-order chi connectivity index (χ0) is 19.1. The molecule has 1 saturated heterocycles. The van der Waals surface area contributed by atoms with Gasteiger partial charge in [0.15, 0.2) is 0 Å². The molecule has 0 radical (unpaired) electrons. The number of H-pyrrole nitrogens is 1. The molecule has 1 atom stereocenters. The number of rotatable bonds is 7. The number of nitrogens with one attached hydrogen (secondary N) is 1. The molecule has 2 heterocycles. The number of carbonyl (C=O) groups excluding carboxylic acids is 2. The number of hydrogen-bond donors (Lipinski definition) is 1. The number of aryl methyl sites for hydroxylation is 1. The molecular formula is C20H32N2O4. The number of aromatic nitrogens is 1. The molecule has 6 nitrogen and oxygen atoms in total. The third-order valence-corrected chi connectivity index (χ3v) is 5.21. The van der Waals surface area contributed by atoms with Crippen molar-refractivity contribution >= 4 is 11.9 Å². The molecule has 2 rings (SSSR count). The Hall–Kier alpha value is -1.82. The summed E-state index contributed by atoms with van der Waals surface area (Å²) in [5.41, 5.74) is 2.31. The van der Waals surface area contributed by atoms with E-state index in [-0.39, 0.29) is 12.5 Å². The highest BCUT2D eigenvalue weighted by molar-refractivity contribution is 6.00. The van der Waals surface area contributed by atoms with E-state index < -0.39 is 5.97 Å². The topological polar surface area (TPSA) is 71.6 Å². The lowest BCUT2D eigenvalue weighted by atomic mass is 9.96. The van der Waals surface area contributed by atoms with E-state index in [2.05, 4.69) is 11.9 Å². The van der Waals surface area contributed by atoms with Crippen LogP contribution in [0, 0.1) is 19.8 Å². The number of likely N-dealkylation sites (tertiary alicyclic amines) is 1. The number of esters is 1. The van der Waals surface area contributed by atoms with Gasteiger partial charge in [-0.3, -0.25) is 4.79 Å². The van der Waals surface area contributed by atoms with Gasteiger partial charge in [-0.2, -0.15) is 0 Å². The summed E-state index contributed by atoms with van der Waals surface area (Å²) in [6.07, 6.45) is 5.73. The second-order valence-corrected chi connectivity index (χ2v) is 7.13. The van der Waals surface area contributed by atoms with Crippen LogP contribution in [0.5, 0.6) is 0 Å². The van der Waals surface area contributed by atoms with Crippen LogP contribution < -0.4 is 0 Å². The van der Waals surface area contributed by atoms with Gasteiger partial charge in [0, 0.05) is 25.9 Å². The molecule has 0 aromatic carbocycles. The number of hydrogen-bond acceptors (Lipinski definition) is 4. The molecule has 0 spiro atoms. The minimum Gasteiger partial charge on any atom is -0.460 e. The summed E-state index contributed by atoms with van der Waals surface area (Å²) >= 11 is 0. The van der Waals surface area contributed by atoms with Crippen LogP contribution in [0.3, 0.4) is 0 Å². The molecule has 1 amide bonds. The van der Waals surface area contributed by atoms with Crippen LogP contribution in [-0.4, -0.2) is 55.2 Å². The van der Waals surface area contributed by atoms with Gasteiger partial charge in [0.05, 0.1) is 12.2 Å². The fourth-order valence-electron chi connectivity index (χ4n) is 3.78. The molecule has 0 saturated carbocycles. The number of carbonyl (C=O) groups is 2. The molecule has 1 aliphatic rings. The van der Waals surface area contributed by atoms with E-state index in [1.165, 1.54) is 19.3 Å². The SMILES string of the molecule is CCCC1CCCN(C(=O)c2[nH]c(C)c(C(=O)OCCOC)c2C)CC1. The van der Waals surface area contributed by atoms with Crippen molar-refractivity contribution in [1.82, 2.24) is 9.88 Å². The van der Waals surface area contributed by atoms with Crippen molar-refractivity contribution in [3.05, 3.63) is 22.5 Å². The number of ether oxygens (including phenoxy) is 2. The van der Waals surface area contributed by atoms with Crippen molar-refractivity contribution in [2.24, 2.45) is 5.92 Å². The molecule has 146 valence electrons. The minimum absolute atomic E-state index is 0.0151. The van der Waals surface area contributed by atoms with E-state index >= 15 is 0 Å². The largest absolute Gasteiger partial charge is 0.460 e. The van der Waals surface area contributed by atoms with Crippen LogP contribution in [-0.2, 0) is 9.47 Å². The Morgan fingerprint density at radius 2 is 1.96 bits per heavy atom. The lowest BCUT2D eigenvalue weighted by molar-refractivity contribution is 0.0387.